The normalized spacial score (nSPS) is 19.2. The summed E-state index contributed by atoms with van der Waals surface area (Å²) in [5.74, 6) is 1.01. The molecule has 144 valence electrons. The monoisotopic (exact) mass is 386 g/mol. The minimum absolute atomic E-state index is 0.155. The first-order chi connectivity index (χ1) is 13.2. The van der Waals surface area contributed by atoms with Crippen LogP contribution in [-0.4, -0.2) is 41.2 Å². The molecule has 4 rings (SSSR count). The average Bonchev–Trinajstić information content (AvgIpc) is 3.20. The maximum absolute atomic E-state index is 12.8. The fraction of sp³-hybridized carbons (Fsp3) is 0.524. The lowest BCUT2D eigenvalue weighted by molar-refractivity contribution is -0.142. The molecule has 0 bridgehead atoms. The van der Waals surface area contributed by atoms with E-state index in [-0.39, 0.29) is 12.0 Å². The molecule has 1 aliphatic carbocycles. The van der Waals surface area contributed by atoms with Crippen molar-refractivity contribution in [3.8, 4) is 5.75 Å². The quantitative estimate of drug-likeness (QED) is 0.693. The van der Waals surface area contributed by atoms with E-state index < -0.39 is 0 Å². The van der Waals surface area contributed by atoms with Crippen LogP contribution in [0.15, 0.2) is 29.8 Å². The van der Waals surface area contributed by atoms with E-state index in [2.05, 4.69) is 17.1 Å². The summed E-state index contributed by atoms with van der Waals surface area (Å²) in [6.45, 7) is 4.00. The Balaban J connectivity index is 1.36. The molecule has 1 atom stereocenters. The highest BCUT2D eigenvalue weighted by atomic mass is 32.1. The van der Waals surface area contributed by atoms with Gasteiger partial charge in [-0.25, -0.2) is 4.98 Å². The van der Waals surface area contributed by atoms with Gasteiger partial charge in [-0.15, -0.1) is 11.3 Å². The van der Waals surface area contributed by atoms with Gasteiger partial charge >= 0.3 is 0 Å². The Morgan fingerprint density at radius 3 is 2.96 bits per heavy atom. The molecule has 1 aliphatic heterocycles. The molecule has 1 unspecified atom stereocenters. The van der Waals surface area contributed by atoms with Crippen LogP contribution in [0.2, 0.25) is 0 Å². The second-order valence-electron chi connectivity index (χ2n) is 7.31. The molecule has 1 amide bonds. The topological polar surface area (TPSA) is 51.7 Å². The van der Waals surface area contributed by atoms with E-state index in [4.69, 9.17) is 9.47 Å². The molecule has 2 aliphatic rings. The SMILES string of the molecule is Cc1ncsc1CCOc1cccc(CN(C(=O)C2CCCO2)C2CC2)c1. The number of thiazole rings is 1. The Hall–Kier alpha value is -1.92. The molecule has 0 spiro atoms. The van der Waals surface area contributed by atoms with Crippen molar-refractivity contribution in [3.63, 3.8) is 0 Å². The average molecular weight is 387 g/mol. The molecule has 5 nitrogen and oxygen atoms in total. The Bertz CT molecular complexity index is 781. The van der Waals surface area contributed by atoms with Gasteiger partial charge < -0.3 is 14.4 Å². The molecule has 1 saturated heterocycles. The highest BCUT2D eigenvalue weighted by Gasteiger charge is 2.37. The number of benzene rings is 1. The molecule has 1 aromatic carbocycles. The summed E-state index contributed by atoms with van der Waals surface area (Å²) >= 11 is 1.67. The van der Waals surface area contributed by atoms with Crippen LogP contribution < -0.4 is 4.74 Å². The molecule has 27 heavy (non-hydrogen) atoms. The van der Waals surface area contributed by atoms with Crippen LogP contribution in [0.4, 0.5) is 0 Å². The molecular formula is C21H26N2O3S. The fourth-order valence-electron chi connectivity index (χ4n) is 3.49. The Kier molecular flexibility index (Phi) is 5.74. The van der Waals surface area contributed by atoms with Gasteiger partial charge in [-0.2, -0.15) is 0 Å². The summed E-state index contributed by atoms with van der Waals surface area (Å²) in [5.41, 5.74) is 4.08. The van der Waals surface area contributed by atoms with Gasteiger partial charge in [0.25, 0.3) is 5.91 Å². The first-order valence-corrected chi connectivity index (χ1v) is 10.6. The van der Waals surface area contributed by atoms with Crippen molar-refractivity contribution >= 4 is 17.2 Å². The maximum atomic E-state index is 12.8. The molecule has 0 radical (unpaired) electrons. The van der Waals surface area contributed by atoms with Crippen molar-refractivity contribution in [1.82, 2.24) is 9.88 Å². The predicted molar refractivity (Wildman–Crippen MR) is 105 cm³/mol. The van der Waals surface area contributed by atoms with Crippen LogP contribution in [0.3, 0.4) is 0 Å². The smallest absolute Gasteiger partial charge is 0.252 e. The van der Waals surface area contributed by atoms with Gasteiger partial charge in [0.15, 0.2) is 0 Å². The van der Waals surface area contributed by atoms with E-state index in [9.17, 15) is 4.79 Å². The largest absolute Gasteiger partial charge is 0.493 e. The standard InChI is InChI=1S/C21H26N2O3S/c1-15-20(27-14-22-15)9-11-25-18-5-2-4-16(12-18)13-23(17-7-8-17)21(24)19-6-3-10-26-19/h2,4-5,12,14,17,19H,3,6-11,13H2,1H3. The van der Waals surface area contributed by atoms with Crippen LogP contribution in [0.1, 0.15) is 41.8 Å². The van der Waals surface area contributed by atoms with Crippen LogP contribution in [-0.2, 0) is 22.5 Å². The van der Waals surface area contributed by atoms with Gasteiger partial charge in [0.1, 0.15) is 11.9 Å². The number of hydrogen-bond donors (Lipinski definition) is 0. The number of aromatic nitrogens is 1. The number of nitrogens with zero attached hydrogens (tertiary/aromatic N) is 2. The Morgan fingerprint density at radius 1 is 1.37 bits per heavy atom. The summed E-state index contributed by atoms with van der Waals surface area (Å²) in [4.78, 5) is 20.4. The first kappa shape index (κ1) is 18.4. The molecular weight excluding hydrogens is 360 g/mol. The fourth-order valence-corrected chi connectivity index (χ4v) is 4.25. The molecule has 1 saturated carbocycles. The number of rotatable bonds is 8. The number of ether oxygens (including phenoxy) is 2. The van der Waals surface area contributed by atoms with Gasteiger partial charge in [0, 0.05) is 30.5 Å². The summed E-state index contributed by atoms with van der Waals surface area (Å²) in [6.07, 6.45) is 4.66. The van der Waals surface area contributed by atoms with Gasteiger partial charge in [-0.3, -0.25) is 4.79 Å². The van der Waals surface area contributed by atoms with Crippen molar-refractivity contribution in [1.29, 1.82) is 0 Å². The van der Waals surface area contributed by atoms with E-state index >= 15 is 0 Å². The number of carbonyl (C=O) groups excluding carboxylic acids is 1. The molecule has 2 heterocycles. The lowest BCUT2D eigenvalue weighted by atomic mass is 10.1. The van der Waals surface area contributed by atoms with Gasteiger partial charge in [-0.05, 0) is 50.3 Å². The third-order valence-electron chi connectivity index (χ3n) is 5.17. The second kappa shape index (κ2) is 8.40. The number of amides is 1. The minimum Gasteiger partial charge on any atom is -0.493 e. The van der Waals surface area contributed by atoms with E-state index in [1.807, 2.05) is 29.5 Å². The van der Waals surface area contributed by atoms with Gasteiger partial charge in [0.05, 0.1) is 17.8 Å². The van der Waals surface area contributed by atoms with E-state index in [1.54, 1.807) is 11.3 Å². The summed E-state index contributed by atoms with van der Waals surface area (Å²) < 4.78 is 11.6. The zero-order valence-electron chi connectivity index (χ0n) is 15.7. The lowest BCUT2D eigenvalue weighted by Crippen LogP contribution is -2.39. The molecule has 2 fully saturated rings. The van der Waals surface area contributed by atoms with Crippen LogP contribution in [0, 0.1) is 6.92 Å². The van der Waals surface area contributed by atoms with Crippen molar-refractivity contribution in [3.05, 3.63) is 45.9 Å². The van der Waals surface area contributed by atoms with Gasteiger partial charge in [-0.1, -0.05) is 12.1 Å². The summed E-state index contributed by atoms with van der Waals surface area (Å²) in [5, 5.41) is 0. The van der Waals surface area contributed by atoms with E-state index in [0.717, 1.165) is 49.1 Å². The number of carbonyl (C=O) groups is 1. The van der Waals surface area contributed by atoms with Crippen LogP contribution in [0.5, 0.6) is 5.75 Å². The maximum Gasteiger partial charge on any atom is 0.252 e. The Labute approximate surface area is 164 Å². The second-order valence-corrected chi connectivity index (χ2v) is 8.25. The third-order valence-corrected chi connectivity index (χ3v) is 6.16. The predicted octanol–water partition coefficient (Wildman–Crippen LogP) is 3.74. The van der Waals surface area contributed by atoms with Crippen molar-refractivity contribution in [2.24, 2.45) is 0 Å². The number of hydrogen-bond acceptors (Lipinski definition) is 5. The van der Waals surface area contributed by atoms with Crippen molar-refractivity contribution in [2.75, 3.05) is 13.2 Å². The zero-order valence-corrected chi connectivity index (χ0v) is 16.5. The lowest BCUT2D eigenvalue weighted by Gasteiger charge is -2.25. The van der Waals surface area contributed by atoms with Crippen molar-refractivity contribution in [2.45, 2.75) is 57.7 Å². The van der Waals surface area contributed by atoms with Crippen LogP contribution in [0.25, 0.3) is 0 Å². The first-order valence-electron chi connectivity index (χ1n) is 9.73. The van der Waals surface area contributed by atoms with E-state index in [1.165, 1.54) is 4.88 Å². The van der Waals surface area contributed by atoms with Crippen molar-refractivity contribution < 1.29 is 14.3 Å². The highest BCUT2D eigenvalue weighted by Crippen LogP contribution is 2.31. The highest BCUT2D eigenvalue weighted by molar-refractivity contribution is 7.09. The minimum atomic E-state index is -0.243. The van der Waals surface area contributed by atoms with Gasteiger partial charge in [0.2, 0.25) is 0 Å². The molecule has 1 aromatic heterocycles. The zero-order chi connectivity index (χ0) is 18.6. The summed E-state index contributed by atoms with van der Waals surface area (Å²) in [7, 11) is 0. The third kappa shape index (κ3) is 4.68. The Morgan fingerprint density at radius 2 is 2.26 bits per heavy atom. The molecule has 6 heteroatoms. The van der Waals surface area contributed by atoms with E-state index in [0.29, 0.717) is 25.8 Å². The summed E-state index contributed by atoms with van der Waals surface area (Å²) in [6, 6.07) is 8.48. The number of aryl methyl sites for hydroxylation is 1. The van der Waals surface area contributed by atoms with Crippen LogP contribution >= 0.6 is 11.3 Å². The molecule has 0 N–H and O–H groups in total. The molecule has 2 aromatic rings.